The number of fused-ring (bicyclic) bond motifs is 1. The van der Waals surface area contributed by atoms with Crippen molar-refractivity contribution in [1.82, 2.24) is 24.8 Å². The summed E-state index contributed by atoms with van der Waals surface area (Å²) in [7, 11) is 0. The number of ether oxygens (including phenoxy) is 2. The van der Waals surface area contributed by atoms with Crippen LogP contribution in [0.5, 0.6) is 0 Å². The average molecular weight is 390 g/mol. The maximum Gasteiger partial charge on any atom is 0.160 e. The topological polar surface area (TPSA) is 63.9 Å². The lowest BCUT2D eigenvalue weighted by atomic mass is 10.2. The molecule has 4 heterocycles. The fourth-order valence-electron chi connectivity index (χ4n) is 3.28. The van der Waals surface area contributed by atoms with E-state index in [-0.39, 0.29) is 30.9 Å². The van der Waals surface area contributed by atoms with Crippen LogP contribution in [-0.2, 0) is 16.0 Å². The quantitative estimate of drug-likeness (QED) is 0.855. The molecule has 1 atom stereocenters. The Morgan fingerprint density at radius 1 is 1.24 bits per heavy atom. The molecule has 2 saturated heterocycles. The minimum Gasteiger partial charge on any atom is -0.379 e. The van der Waals surface area contributed by atoms with E-state index in [9.17, 15) is 0 Å². The number of morpholine rings is 2. The van der Waals surface area contributed by atoms with Crippen molar-refractivity contribution in [1.29, 1.82) is 0 Å². The van der Waals surface area contributed by atoms with Gasteiger partial charge in [-0.05, 0) is 13.0 Å². The largest absolute Gasteiger partial charge is 0.379 e. The molecule has 0 amide bonds. The third-order valence-corrected chi connectivity index (χ3v) is 4.59. The molecule has 2 aliphatic heterocycles. The number of aryl methyl sites for hydroxylation is 1. The highest BCUT2D eigenvalue weighted by Crippen LogP contribution is 2.23. The van der Waals surface area contributed by atoms with Gasteiger partial charge in [-0.1, -0.05) is 0 Å². The molecule has 0 aliphatic carbocycles. The molecule has 1 N–H and O–H groups in total. The Bertz CT molecular complexity index is 684. The van der Waals surface area contributed by atoms with Gasteiger partial charge in [0, 0.05) is 44.5 Å². The number of halogens is 2. The van der Waals surface area contributed by atoms with Crippen molar-refractivity contribution in [3.63, 3.8) is 0 Å². The first-order valence-electron chi connectivity index (χ1n) is 8.28. The molecule has 2 aliphatic rings. The van der Waals surface area contributed by atoms with Gasteiger partial charge in [0.2, 0.25) is 0 Å². The molecule has 0 aromatic carbocycles. The van der Waals surface area contributed by atoms with E-state index in [2.05, 4.69) is 22.1 Å². The van der Waals surface area contributed by atoms with Crippen LogP contribution in [-0.4, -0.2) is 65.5 Å². The Kier molecular flexibility index (Phi) is 7.42. The summed E-state index contributed by atoms with van der Waals surface area (Å²) < 4.78 is 13.3. The van der Waals surface area contributed by atoms with Crippen molar-refractivity contribution in [3.05, 3.63) is 29.2 Å². The number of rotatable bonds is 3. The highest BCUT2D eigenvalue weighted by atomic mass is 35.5. The SMILES string of the molecule is Cc1nn2c(C3CNCCO3)ccnc2c1CN1CCOCC1.Cl.Cl. The van der Waals surface area contributed by atoms with Gasteiger partial charge in [-0.3, -0.25) is 4.90 Å². The summed E-state index contributed by atoms with van der Waals surface area (Å²) in [6, 6.07) is 2.01. The van der Waals surface area contributed by atoms with E-state index in [1.807, 2.05) is 16.8 Å². The van der Waals surface area contributed by atoms with Gasteiger partial charge in [0.1, 0.15) is 6.10 Å². The van der Waals surface area contributed by atoms with Crippen LogP contribution < -0.4 is 5.32 Å². The summed E-state index contributed by atoms with van der Waals surface area (Å²) in [6.07, 6.45) is 1.90. The molecule has 0 radical (unpaired) electrons. The number of hydrogen-bond donors (Lipinski definition) is 1. The van der Waals surface area contributed by atoms with Crippen LogP contribution >= 0.6 is 24.8 Å². The van der Waals surface area contributed by atoms with Gasteiger partial charge in [0.15, 0.2) is 5.65 Å². The molecule has 1 unspecified atom stereocenters. The second-order valence-electron chi connectivity index (χ2n) is 6.12. The summed E-state index contributed by atoms with van der Waals surface area (Å²) in [5, 5.41) is 8.12. The molecule has 7 nitrogen and oxygen atoms in total. The summed E-state index contributed by atoms with van der Waals surface area (Å²) >= 11 is 0. The van der Waals surface area contributed by atoms with E-state index in [0.29, 0.717) is 0 Å². The summed E-state index contributed by atoms with van der Waals surface area (Å²) in [4.78, 5) is 6.99. The maximum atomic E-state index is 5.89. The molecule has 4 rings (SSSR count). The van der Waals surface area contributed by atoms with Gasteiger partial charge in [-0.2, -0.15) is 5.10 Å². The number of nitrogens with one attached hydrogen (secondary N) is 1. The van der Waals surface area contributed by atoms with Gasteiger partial charge in [-0.15, -0.1) is 24.8 Å². The first kappa shape index (κ1) is 20.4. The van der Waals surface area contributed by atoms with Crippen molar-refractivity contribution in [2.45, 2.75) is 19.6 Å². The highest BCUT2D eigenvalue weighted by Gasteiger charge is 2.22. The van der Waals surface area contributed by atoms with Gasteiger partial charge < -0.3 is 14.8 Å². The minimum absolute atomic E-state index is 0. The monoisotopic (exact) mass is 389 g/mol. The van der Waals surface area contributed by atoms with Crippen molar-refractivity contribution >= 4 is 30.5 Å². The van der Waals surface area contributed by atoms with Crippen LogP contribution in [0.4, 0.5) is 0 Å². The number of hydrogen-bond acceptors (Lipinski definition) is 6. The molecular formula is C16H25Cl2N5O2. The molecule has 2 aromatic rings. The van der Waals surface area contributed by atoms with Crippen LogP contribution in [0.3, 0.4) is 0 Å². The smallest absolute Gasteiger partial charge is 0.160 e. The normalized spacial score (nSPS) is 21.6. The zero-order chi connectivity index (χ0) is 15.6. The zero-order valence-corrected chi connectivity index (χ0v) is 15.9. The Labute approximate surface area is 159 Å². The van der Waals surface area contributed by atoms with Crippen molar-refractivity contribution in [2.24, 2.45) is 0 Å². The van der Waals surface area contributed by atoms with Gasteiger partial charge >= 0.3 is 0 Å². The van der Waals surface area contributed by atoms with Gasteiger partial charge in [-0.25, -0.2) is 9.50 Å². The highest BCUT2D eigenvalue weighted by molar-refractivity contribution is 5.85. The summed E-state index contributed by atoms with van der Waals surface area (Å²) in [5.74, 6) is 0. The molecule has 0 spiro atoms. The molecule has 25 heavy (non-hydrogen) atoms. The lowest BCUT2D eigenvalue weighted by molar-refractivity contribution is 0.0236. The predicted octanol–water partition coefficient (Wildman–Crippen LogP) is 1.37. The Morgan fingerprint density at radius 2 is 2.04 bits per heavy atom. The molecule has 2 aromatic heterocycles. The fourth-order valence-corrected chi connectivity index (χ4v) is 3.28. The lowest BCUT2D eigenvalue weighted by Crippen LogP contribution is -2.35. The molecule has 0 saturated carbocycles. The molecule has 9 heteroatoms. The van der Waals surface area contributed by atoms with Crippen LogP contribution in [0.1, 0.15) is 23.1 Å². The maximum absolute atomic E-state index is 5.89. The first-order valence-corrected chi connectivity index (χ1v) is 8.28. The summed E-state index contributed by atoms with van der Waals surface area (Å²) in [5.41, 5.74) is 4.26. The third kappa shape index (κ3) is 4.24. The molecule has 0 bridgehead atoms. The molecule has 140 valence electrons. The lowest BCUT2D eigenvalue weighted by Gasteiger charge is -2.26. The molecule has 2 fully saturated rings. The van der Waals surface area contributed by atoms with E-state index in [1.54, 1.807) is 0 Å². The van der Waals surface area contributed by atoms with E-state index in [1.165, 1.54) is 5.56 Å². The Morgan fingerprint density at radius 3 is 2.76 bits per heavy atom. The van der Waals surface area contributed by atoms with Crippen molar-refractivity contribution < 1.29 is 9.47 Å². The Hall–Kier alpha value is -0.960. The van der Waals surface area contributed by atoms with E-state index >= 15 is 0 Å². The first-order chi connectivity index (χ1) is 11.3. The second-order valence-corrected chi connectivity index (χ2v) is 6.12. The van der Waals surface area contributed by atoms with E-state index < -0.39 is 0 Å². The Balaban J connectivity index is 0.00000113. The van der Waals surface area contributed by atoms with Crippen molar-refractivity contribution in [3.8, 4) is 0 Å². The summed E-state index contributed by atoms with van der Waals surface area (Å²) in [6.45, 7) is 8.93. The third-order valence-electron chi connectivity index (χ3n) is 4.59. The average Bonchev–Trinajstić information content (AvgIpc) is 2.92. The van der Waals surface area contributed by atoms with Gasteiger partial charge in [0.25, 0.3) is 0 Å². The number of aromatic nitrogens is 3. The van der Waals surface area contributed by atoms with Gasteiger partial charge in [0.05, 0.1) is 31.2 Å². The second kappa shape index (κ2) is 9.12. The van der Waals surface area contributed by atoms with Crippen LogP contribution in [0, 0.1) is 6.92 Å². The number of nitrogens with zero attached hydrogens (tertiary/aromatic N) is 4. The van der Waals surface area contributed by atoms with E-state index in [0.717, 1.165) is 69.6 Å². The standard InChI is InChI=1S/C16H23N5O2.2ClH/c1-12-13(11-20-5-8-22-9-6-20)16-18-3-2-14(21(16)19-12)15-10-17-4-7-23-15;;/h2-3,15,17H,4-11H2,1H3;2*1H. The van der Waals surface area contributed by atoms with Crippen LogP contribution in [0.2, 0.25) is 0 Å². The zero-order valence-electron chi connectivity index (χ0n) is 14.3. The molecular weight excluding hydrogens is 365 g/mol. The van der Waals surface area contributed by atoms with E-state index in [4.69, 9.17) is 14.6 Å². The van der Waals surface area contributed by atoms with Crippen molar-refractivity contribution in [2.75, 3.05) is 46.0 Å². The predicted molar refractivity (Wildman–Crippen MR) is 99.9 cm³/mol. The van der Waals surface area contributed by atoms with Crippen LogP contribution in [0.25, 0.3) is 5.65 Å². The van der Waals surface area contributed by atoms with Crippen LogP contribution in [0.15, 0.2) is 12.3 Å². The minimum atomic E-state index is 0. The fraction of sp³-hybridized carbons (Fsp3) is 0.625.